The Bertz CT molecular complexity index is 640. The van der Waals surface area contributed by atoms with Crippen LogP contribution in [0.25, 0.3) is 0 Å². The van der Waals surface area contributed by atoms with E-state index in [4.69, 9.17) is 0 Å². The molecule has 2 aromatic rings. The average Bonchev–Trinajstić information content (AvgIpc) is 2.53. The second-order valence-electron chi connectivity index (χ2n) is 4.88. The molecule has 0 spiro atoms. The minimum Gasteiger partial charge on any atom is -0.354 e. The summed E-state index contributed by atoms with van der Waals surface area (Å²) in [6, 6.07) is 11.8. The Balaban J connectivity index is 1.97. The standard InChI is InChI=1S/C17H20N4O/c1-3-10-18-16(22)15-12-13(2)20-17(21-15)19-11-9-14-7-5-4-6-8-14/h3-8,12H,1,9-11H2,2H3,(H,18,22)(H,19,20,21). The average molecular weight is 296 g/mol. The van der Waals surface area contributed by atoms with E-state index in [2.05, 4.69) is 39.3 Å². The minimum atomic E-state index is -0.225. The van der Waals surface area contributed by atoms with Gasteiger partial charge in [-0.15, -0.1) is 6.58 Å². The number of anilines is 1. The van der Waals surface area contributed by atoms with Crippen LogP contribution in [0.3, 0.4) is 0 Å². The van der Waals surface area contributed by atoms with Crippen LogP contribution in [-0.2, 0) is 6.42 Å². The zero-order valence-corrected chi connectivity index (χ0v) is 12.7. The van der Waals surface area contributed by atoms with Crippen LogP contribution >= 0.6 is 0 Å². The van der Waals surface area contributed by atoms with Gasteiger partial charge in [0.15, 0.2) is 0 Å². The van der Waals surface area contributed by atoms with Crippen molar-refractivity contribution in [3.63, 3.8) is 0 Å². The molecule has 1 heterocycles. The van der Waals surface area contributed by atoms with Crippen molar-refractivity contribution in [1.29, 1.82) is 0 Å². The Morgan fingerprint density at radius 2 is 2.05 bits per heavy atom. The third kappa shape index (κ3) is 4.70. The highest BCUT2D eigenvalue weighted by atomic mass is 16.1. The number of aryl methyl sites for hydroxylation is 1. The minimum absolute atomic E-state index is 0.225. The van der Waals surface area contributed by atoms with Crippen LogP contribution in [0.4, 0.5) is 5.95 Å². The van der Waals surface area contributed by atoms with Gasteiger partial charge in [0.1, 0.15) is 5.69 Å². The molecule has 22 heavy (non-hydrogen) atoms. The van der Waals surface area contributed by atoms with Crippen molar-refractivity contribution in [2.45, 2.75) is 13.3 Å². The number of rotatable bonds is 7. The number of benzene rings is 1. The first-order valence-corrected chi connectivity index (χ1v) is 7.21. The molecule has 5 heteroatoms. The third-order valence-electron chi connectivity index (χ3n) is 3.03. The lowest BCUT2D eigenvalue weighted by atomic mass is 10.1. The number of nitrogens with one attached hydrogen (secondary N) is 2. The van der Waals surface area contributed by atoms with E-state index in [0.717, 1.165) is 12.1 Å². The van der Waals surface area contributed by atoms with E-state index in [9.17, 15) is 4.79 Å². The lowest BCUT2D eigenvalue weighted by molar-refractivity contribution is 0.0953. The molecule has 0 atom stereocenters. The van der Waals surface area contributed by atoms with E-state index in [1.165, 1.54) is 5.56 Å². The predicted molar refractivity (Wildman–Crippen MR) is 87.9 cm³/mol. The molecule has 0 unspecified atom stereocenters. The lowest BCUT2D eigenvalue weighted by Crippen LogP contribution is -2.25. The van der Waals surface area contributed by atoms with Gasteiger partial charge in [0.2, 0.25) is 5.95 Å². The van der Waals surface area contributed by atoms with Crippen molar-refractivity contribution in [3.05, 3.63) is 66.0 Å². The molecule has 0 bridgehead atoms. The van der Waals surface area contributed by atoms with Gasteiger partial charge in [0.25, 0.3) is 5.91 Å². The molecule has 0 radical (unpaired) electrons. The van der Waals surface area contributed by atoms with Crippen molar-refractivity contribution in [2.75, 3.05) is 18.4 Å². The summed E-state index contributed by atoms with van der Waals surface area (Å²) >= 11 is 0. The van der Waals surface area contributed by atoms with Crippen LogP contribution in [0, 0.1) is 6.92 Å². The van der Waals surface area contributed by atoms with E-state index >= 15 is 0 Å². The van der Waals surface area contributed by atoms with Crippen LogP contribution < -0.4 is 10.6 Å². The van der Waals surface area contributed by atoms with Gasteiger partial charge in [-0.25, -0.2) is 9.97 Å². The first kappa shape index (κ1) is 15.7. The van der Waals surface area contributed by atoms with Crippen molar-refractivity contribution in [2.24, 2.45) is 0 Å². The number of aromatic nitrogens is 2. The monoisotopic (exact) mass is 296 g/mol. The van der Waals surface area contributed by atoms with Crippen molar-refractivity contribution in [1.82, 2.24) is 15.3 Å². The molecular formula is C17H20N4O. The fourth-order valence-electron chi connectivity index (χ4n) is 1.98. The lowest BCUT2D eigenvalue weighted by Gasteiger charge is -2.08. The summed E-state index contributed by atoms with van der Waals surface area (Å²) in [7, 11) is 0. The number of carbonyl (C=O) groups is 1. The Morgan fingerprint density at radius 1 is 1.27 bits per heavy atom. The summed E-state index contributed by atoms with van der Waals surface area (Å²) in [5.41, 5.74) is 2.35. The normalized spacial score (nSPS) is 10.0. The van der Waals surface area contributed by atoms with Gasteiger partial charge in [0.05, 0.1) is 0 Å². The fourth-order valence-corrected chi connectivity index (χ4v) is 1.98. The van der Waals surface area contributed by atoms with Gasteiger partial charge >= 0.3 is 0 Å². The van der Waals surface area contributed by atoms with Gasteiger partial charge < -0.3 is 10.6 Å². The third-order valence-corrected chi connectivity index (χ3v) is 3.03. The number of hydrogen-bond donors (Lipinski definition) is 2. The Kier molecular flexibility index (Phi) is 5.65. The second kappa shape index (κ2) is 7.93. The highest BCUT2D eigenvalue weighted by Crippen LogP contribution is 2.06. The molecule has 2 N–H and O–H groups in total. The van der Waals surface area contributed by atoms with E-state index in [-0.39, 0.29) is 5.91 Å². The molecule has 5 nitrogen and oxygen atoms in total. The van der Waals surface area contributed by atoms with Gasteiger partial charge in [-0.05, 0) is 25.0 Å². The second-order valence-corrected chi connectivity index (χ2v) is 4.88. The summed E-state index contributed by atoms with van der Waals surface area (Å²) in [5.74, 6) is 0.246. The summed E-state index contributed by atoms with van der Waals surface area (Å²) in [6.07, 6.45) is 2.50. The maximum absolute atomic E-state index is 11.9. The van der Waals surface area contributed by atoms with E-state index in [1.807, 2.05) is 25.1 Å². The molecule has 1 aromatic carbocycles. The Labute approximate surface area is 130 Å². The topological polar surface area (TPSA) is 66.9 Å². The van der Waals surface area contributed by atoms with Crippen LogP contribution in [0.5, 0.6) is 0 Å². The van der Waals surface area contributed by atoms with Crippen molar-refractivity contribution in [3.8, 4) is 0 Å². The van der Waals surface area contributed by atoms with Crippen LogP contribution in [-0.4, -0.2) is 29.0 Å². The number of hydrogen-bond acceptors (Lipinski definition) is 4. The van der Waals surface area contributed by atoms with Crippen molar-refractivity contribution >= 4 is 11.9 Å². The molecule has 0 saturated carbocycles. The molecular weight excluding hydrogens is 276 g/mol. The number of nitrogens with zero attached hydrogens (tertiary/aromatic N) is 2. The van der Waals surface area contributed by atoms with Gasteiger partial charge in [-0.1, -0.05) is 36.4 Å². The molecule has 0 fully saturated rings. The molecule has 0 aliphatic carbocycles. The van der Waals surface area contributed by atoms with Crippen LogP contribution in [0.15, 0.2) is 49.1 Å². The first-order valence-electron chi connectivity index (χ1n) is 7.21. The summed E-state index contributed by atoms with van der Waals surface area (Å²) in [5, 5.41) is 5.87. The zero-order chi connectivity index (χ0) is 15.8. The summed E-state index contributed by atoms with van der Waals surface area (Å²) in [4.78, 5) is 20.5. The molecule has 0 saturated heterocycles. The molecule has 1 amide bonds. The molecule has 1 aromatic heterocycles. The first-order chi connectivity index (χ1) is 10.7. The quantitative estimate of drug-likeness (QED) is 0.770. The highest BCUT2D eigenvalue weighted by molar-refractivity contribution is 5.92. The number of carbonyl (C=O) groups excluding carboxylic acids is 1. The summed E-state index contributed by atoms with van der Waals surface area (Å²) in [6.45, 7) is 6.54. The predicted octanol–water partition coefficient (Wildman–Crippen LogP) is 2.36. The Morgan fingerprint density at radius 3 is 2.77 bits per heavy atom. The van der Waals surface area contributed by atoms with E-state index < -0.39 is 0 Å². The highest BCUT2D eigenvalue weighted by Gasteiger charge is 2.09. The zero-order valence-electron chi connectivity index (χ0n) is 12.7. The number of amides is 1. The van der Waals surface area contributed by atoms with Crippen LogP contribution in [0.1, 0.15) is 21.7 Å². The van der Waals surface area contributed by atoms with E-state index in [0.29, 0.717) is 24.7 Å². The summed E-state index contributed by atoms with van der Waals surface area (Å²) < 4.78 is 0. The van der Waals surface area contributed by atoms with E-state index in [1.54, 1.807) is 12.1 Å². The van der Waals surface area contributed by atoms with Gasteiger partial charge in [0, 0.05) is 18.8 Å². The van der Waals surface area contributed by atoms with Gasteiger partial charge in [-0.3, -0.25) is 4.79 Å². The van der Waals surface area contributed by atoms with Gasteiger partial charge in [-0.2, -0.15) is 0 Å². The van der Waals surface area contributed by atoms with Crippen molar-refractivity contribution < 1.29 is 4.79 Å². The maximum Gasteiger partial charge on any atom is 0.270 e. The SMILES string of the molecule is C=CCNC(=O)c1cc(C)nc(NCCc2ccccc2)n1. The Hall–Kier alpha value is -2.69. The maximum atomic E-state index is 11.9. The molecule has 0 aliphatic rings. The molecule has 114 valence electrons. The molecule has 2 rings (SSSR count). The van der Waals surface area contributed by atoms with Crippen LogP contribution in [0.2, 0.25) is 0 Å². The smallest absolute Gasteiger partial charge is 0.270 e. The fraction of sp³-hybridized carbons (Fsp3) is 0.235. The molecule has 0 aliphatic heterocycles. The largest absolute Gasteiger partial charge is 0.354 e.